The largest absolute Gasteiger partial charge is 0.318 e. The Kier molecular flexibility index (Phi) is 2.79. The Labute approximate surface area is 93.8 Å². The maximum Gasteiger partial charge on any atom is 0.145 e. The van der Waals surface area contributed by atoms with Crippen LogP contribution >= 0.6 is 15.9 Å². The molecule has 0 aliphatic rings. The van der Waals surface area contributed by atoms with Crippen LogP contribution in [0.25, 0.3) is 0 Å². The van der Waals surface area contributed by atoms with E-state index in [0.717, 1.165) is 4.47 Å². The molecular formula is C9H8BrFN4. The minimum Gasteiger partial charge on any atom is -0.318 e. The Morgan fingerprint density at radius 3 is 2.93 bits per heavy atom. The monoisotopic (exact) mass is 270 g/mol. The number of benzene rings is 1. The Morgan fingerprint density at radius 2 is 2.27 bits per heavy atom. The maximum atomic E-state index is 13.4. The third-order valence-electron chi connectivity index (χ3n) is 2.02. The van der Waals surface area contributed by atoms with Crippen LogP contribution < -0.4 is 5.73 Å². The average Bonchev–Trinajstić information content (AvgIpc) is 2.74. The first kappa shape index (κ1) is 10.3. The number of rotatable bonds is 2. The van der Waals surface area contributed by atoms with E-state index in [9.17, 15) is 4.39 Å². The molecule has 0 amide bonds. The summed E-state index contributed by atoms with van der Waals surface area (Å²) in [5, 5.41) is 6.28. The van der Waals surface area contributed by atoms with Crippen molar-refractivity contribution < 1.29 is 4.39 Å². The van der Waals surface area contributed by atoms with Gasteiger partial charge in [-0.05, 0) is 18.2 Å². The molecule has 15 heavy (non-hydrogen) atoms. The summed E-state index contributed by atoms with van der Waals surface area (Å²) in [6, 6.07) is 3.97. The zero-order chi connectivity index (χ0) is 10.8. The highest BCUT2D eigenvalue weighted by Crippen LogP contribution is 2.22. The van der Waals surface area contributed by atoms with Crippen molar-refractivity contribution in [3.63, 3.8) is 0 Å². The number of aromatic amines is 1. The Morgan fingerprint density at radius 1 is 1.47 bits per heavy atom. The fourth-order valence-corrected chi connectivity index (χ4v) is 1.64. The van der Waals surface area contributed by atoms with Crippen LogP contribution in [0, 0.1) is 5.82 Å². The van der Waals surface area contributed by atoms with Gasteiger partial charge in [-0.3, -0.25) is 5.10 Å². The van der Waals surface area contributed by atoms with Crippen LogP contribution in [0.15, 0.2) is 29.0 Å². The fraction of sp³-hybridized carbons (Fsp3) is 0.111. The summed E-state index contributed by atoms with van der Waals surface area (Å²) in [6.07, 6.45) is 1.34. The van der Waals surface area contributed by atoms with Crippen molar-refractivity contribution in [1.82, 2.24) is 15.2 Å². The Hall–Kier alpha value is -1.27. The molecule has 0 radical (unpaired) electrons. The van der Waals surface area contributed by atoms with Gasteiger partial charge in [0.1, 0.15) is 18.0 Å². The van der Waals surface area contributed by atoms with Crippen LogP contribution in [0.2, 0.25) is 0 Å². The van der Waals surface area contributed by atoms with Crippen molar-refractivity contribution >= 4 is 15.9 Å². The molecule has 1 aromatic carbocycles. The molecule has 1 aromatic heterocycles. The van der Waals surface area contributed by atoms with Gasteiger partial charge >= 0.3 is 0 Å². The second-order valence-electron chi connectivity index (χ2n) is 3.01. The van der Waals surface area contributed by atoms with Crippen LogP contribution in [0.5, 0.6) is 0 Å². The van der Waals surface area contributed by atoms with E-state index in [0.29, 0.717) is 11.4 Å². The molecule has 1 atom stereocenters. The number of halogens is 2. The molecule has 0 fully saturated rings. The maximum absolute atomic E-state index is 13.4. The lowest BCUT2D eigenvalue weighted by Gasteiger charge is -2.10. The first-order valence-corrected chi connectivity index (χ1v) is 5.03. The number of nitrogens with zero attached hydrogens (tertiary/aromatic N) is 2. The molecule has 1 heterocycles. The van der Waals surface area contributed by atoms with E-state index < -0.39 is 6.04 Å². The summed E-state index contributed by atoms with van der Waals surface area (Å²) < 4.78 is 14.2. The predicted octanol–water partition coefficient (Wildman–Crippen LogP) is 1.75. The van der Waals surface area contributed by atoms with Gasteiger partial charge in [-0.15, -0.1) is 0 Å². The van der Waals surface area contributed by atoms with Gasteiger partial charge in [-0.25, -0.2) is 9.37 Å². The van der Waals surface area contributed by atoms with E-state index in [2.05, 4.69) is 31.1 Å². The van der Waals surface area contributed by atoms with Crippen molar-refractivity contribution in [3.8, 4) is 0 Å². The third-order valence-corrected chi connectivity index (χ3v) is 2.51. The molecule has 0 saturated carbocycles. The summed E-state index contributed by atoms with van der Waals surface area (Å²) >= 11 is 3.26. The number of aromatic nitrogens is 3. The van der Waals surface area contributed by atoms with Gasteiger partial charge < -0.3 is 5.73 Å². The van der Waals surface area contributed by atoms with E-state index in [1.807, 2.05) is 0 Å². The number of H-pyrrole nitrogens is 1. The first-order chi connectivity index (χ1) is 7.18. The second kappa shape index (κ2) is 4.08. The lowest BCUT2D eigenvalue weighted by molar-refractivity contribution is 0.593. The second-order valence-corrected chi connectivity index (χ2v) is 3.93. The van der Waals surface area contributed by atoms with Gasteiger partial charge in [0.25, 0.3) is 0 Å². The zero-order valence-corrected chi connectivity index (χ0v) is 9.20. The zero-order valence-electron chi connectivity index (χ0n) is 7.61. The Bertz CT molecular complexity index is 457. The average molecular weight is 271 g/mol. The molecule has 0 bridgehead atoms. The molecule has 1 unspecified atom stereocenters. The smallest absolute Gasteiger partial charge is 0.145 e. The molecule has 0 spiro atoms. The minimum atomic E-state index is -0.634. The van der Waals surface area contributed by atoms with Crippen molar-refractivity contribution in [2.24, 2.45) is 5.73 Å². The molecule has 2 rings (SSSR count). The van der Waals surface area contributed by atoms with Crippen LogP contribution in [0.4, 0.5) is 4.39 Å². The summed E-state index contributed by atoms with van der Waals surface area (Å²) in [5.41, 5.74) is 6.21. The molecule has 78 valence electrons. The van der Waals surface area contributed by atoms with Gasteiger partial charge in [0.05, 0.1) is 6.04 Å². The van der Waals surface area contributed by atoms with Crippen LogP contribution in [0.1, 0.15) is 17.4 Å². The van der Waals surface area contributed by atoms with Crippen LogP contribution in [0.3, 0.4) is 0 Å². The van der Waals surface area contributed by atoms with E-state index in [1.54, 1.807) is 12.1 Å². The lowest BCUT2D eigenvalue weighted by atomic mass is 10.1. The Balaban J connectivity index is 2.41. The highest BCUT2D eigenvalue weighted by molar-refractivity contribution is 9.10. The topological polar surface area (TPSA) is 67.6 Å². The molecule has 4 nitrogen and oxygen atoms in total. The third kappa shape index (κ3) is 2.05. The van der Waals surface area contributed by atoms with Crippen LogP contribution in [-0.2, 0) is 0 Å². The number of hydrogen-bond donors (Lipinski definition) is 2. The normalized spacial score (nSPS) is 12.7. The van der Waals surface area contributed by atoms with Crippen molar-refractivity contribution in [2.45, 2.75) is 6.04 Å². The van der Waals surface area contributed by atoms with E-state index in [-0.39, 0.29) is 5.82 Å². The number of nitrogens with one attached hydrogen (secondary N) is 1. The molecule has 0 aliphatic heterocycles. The summed E-state index contributed by atoms with van der Waals surface area (Å²) in [5.74, 6) is 0.0779. The standard InChI is InChI=1S/C9H8BrFN4/c10-5-1-2-7(11)6(3-5)8(12)9-13-4-14-15-9/h1-4,8H,12H2,(H,13,14,15). The molecule has 3 N–H and O–H groups in total. The van der Waals surface area contributed by atoms with Crippen molar-refractivity contribution in [3.05, 3.63) is 46.2 Å². The van der Waals surface area contributed by atoms with Gasteiger partial charge in [-0.1, -0.05) is 15.9 Å². The van der Waals surface area contributed by atoms with Gasteiger partial charge in [0.2, 0.25) is 0 Å². The highest BCUT2D eigenvalue weighted by atomic mass is 79.9. The number of nitrogens with two attached hydrogens (primary N) is 1. The molecule has 6 heteroatoms. The summed E-state index contributed by atoms with van der Waals surface area (Å²) in [6.45, 7) is 0. The highest BCUT2D eigenvalue weighted by Gasteiger charge is 2.16. The molecule has 2 aromatic rings. The molecule has 0 saturated heterocycles. The van der Waals surface area contributed by atoms with E-state index in [1.165, 1.54) is 12.4 Å². The molecule has 0 aliphatic carbocycles. The van der Waals surface area contributed by atoms with E-state index >= 15 is 0 Å². The van der Waals surface area contributed by atoms with Gasteiger partial charge in [0, 0.05) is 10.0 Å². The molecular weight excluding hydrogens is 263 g/mol. The first-order valence-electron chi connectivity index (χ1n) is 4.24. The quantitative estimate of drug-likeness (QED) is 0.874. The SMILES string of the molecule is NC(c1ncn[nH]1)c1cc(Br)ccc1F. The van der Waals surface area contributed by atoms with Gasteiger partial charge in [0.15, 0.2) is 0 Å². The minimum absolute atomic E-state index is 0.359. The van der Waals surface area contributed by atoms with Gasteiger partial charge in [-0.2, -0.15) is 5.10 Å². The number of hydrogen-bond acceptors (Lipinski definition) is 3. The lowest BCUT2D eigenvalue weighted by Crippen LogP contribution is -2.15. The summed E-state index contributed by atoms with van der Waals surface area (Å²) in [4.78, 5) is 3.89. The van der Waals surface area contributed by atoms with Crippen molar-refractivity contribution in [1.29, 1.82) is 0 Å². The van der Waals surface area contributed by atoms with Crippen LogP contribution in [-0.4, -0.2) is 15.2 Å². The van der Waals surface area contributed by atoms with Crippen molar-refractivity contribution in [2.75, 3.05) is 0 Å². The van der Waals surface area contributed by atoms with E-state index in [4.69, 9.17) is 5.73 Å². The summed E-state index contributed by atoms with van der Waals surface area (Å²) in [7, 11) is 0. The fourth-order valence-electron chi connectivity index (χ4n) is 1.27. The predicted molar refractivity (Wildman–Crippen MR) is 56.5 cm³/mol.